The summed E-state index contributed by atoms with van der Waals surface area (Å²) in [5, 5.41) is 31.6. The number of pyridine rings is 2. The quantitative estimate of drug-likeness (QED) is 0.130. The molecule has 38 heavy (non-hydrogen) atoms. The Bertz CT molecular complexity index is 1580. The highest BCUT2D eigenvalue weighted by atomic mass is 35.5. The van der Waals surface area contributed by atoms with Crippen LogP contribution in [-0.4, -0.2) is 24.9 Å². The van der Waals surface area contributed by atoms with Crippen LogP contribution in [0.1, 0.15) is 0 Å². The summed E-state index contributed by atoms with van der Waals surface area (Å²) >= 11 is 35.5. The number of nitrogens with zero attached hydrogens (tertiary/aromatic N) is 3. The van der Waals surface area contributed by atoms with Crippen molar-refractivity contribution in [3.05, 3.63) is 109 Å². The van der Waals surface area contributed by atoms with Crippen molar-refractivity contribution < 1.29 is 15.0 Å². The summed E-state index contributed by atoms with van der Waals surface area (Å²) in [5.74, 6) is -0.750. The molecule has 2 aromatic heterocycles. The number of nitrogens with one attached hydrogen (secondary N) is 1. The molecular formula is C22H10Cl6N4O6. The summed E-state index contributed by atoms with van der Waals surface area (Å²) in [5.41, 5.74) is -1.32. The first kappa shape index (κ1) is 29.4. The standard InChI is InChI=1S/C11H4Cl4N2O2.C11H6Cl2N2O4/c12-5-2-1-3-6(13)9(5)8-4-7(14)10(17(18)19)11(15)16-8;12-5-2-1-3-6(13)9(5)7-4-8(16)10(15(18)19)11(17)14-7/h1-4H;1-4H,(H2,14,16,17). The van der Waals surface area contributed by atoms with Gasteiger partial charge < -0.3 is 10.1 Å². The Kier molecular flexibility index (Phi) is 9.42. The zero-order chi connectivity index (χ0) is 28.3. The normalized spacial score (nSPS) is 10.5. The zero-order valence-electron chi connectivity index (χ0n) is 18.2. The molecule has 0 saturated heterocycles. The fourth-order valence-electron chi connectivity index (χ4n) is 3.12. The van der Waals surface area contributed by atoms with Crippen LogP contribution < -0.4 is 5.56 Å². The van der Waals surface area contributed by atoms with Gasteiger partial charge >= 0.3 is 16.9 Å². The lowest BCUT2D eigenvalue weighted by molar-refractivity contribution is -0.387. The number of aromatic nitrogens is 2. The molecule has 0 saturated carbocycles. The number of rotatable bonds is 4. The van der Waals surface area contributed by atoms with E-state index < -0.39 is 32.5 Å². The van der Waals surface area contributed by atoms with E-state index >= 15 is 0 Å². The van der Waals surface area contributed by atoms with Crippen LogP contribution in [0.3, 0.4) is 0 Å². The lowest BCUT2D eigenvalue weighted by atomic mass is 10.1. The third-order valence-electron chi connectivity index (χ3n) is 4.71. The highest BCUT2D eigenvalue weighted by molar-refractivity contribution is 6.40. The summed E-state index contributed by atoms with van der Waals surface area (Å²) in [6.45, 7) is 0. The smallest absolute Gasteiger partial charge is 0.375 e. The van der Waals surface area contributed by atoms with E-state index in [1.165, 1.54) is 6.07 Å². The van der Waals surface area contributed by atoms with E-state index in [1.54, 1.807) is 36.4 Å². The molecule has 0 amide bonds. The molecular weight excluding hydrogens is 629 g/mol. The van der Waals surface area contributed by atoms with Crippen molar-refractivity contribution >= 4 is 81.0 Å². The molecule has 0 radical (unpaired) electrons. The van der Waals surface area contributed by atoms with E-state index in [1.807, 2.05) is 0 Å². The Hall–Kier alpha value is -3.12. The van der Waals surface area contributed by atoms with Crippen molar-refractivity contribution in [2.75, 3.05) is 0 Å². The lowest BCUT2D eigenvalue weighted by Gasteiger charge is -2.07. The van der Waals surface area contributed by atoms with Gasteiger partial charge in [0, 0.05) is 17.2 Å². The van der Waals surface area contributed by atoms with Crippen molar-refractivity contribution in [3.8, 4) is 28.3 Å². The van der Waals surface area contributed by atoms with E-state index in [2.05, 4.69) is 9.97 Å². The van der Waals surface area contributed by atoms with Gasteiger partial charge in [0.1, 0.15) is 5.02 Å². The van der Waals surface area contributed by atoms with Gasteiger partial charge in [-0.2, -0.15) is 0 Å². The monoisotopic (exact) mass is 636 g/mol. The van der Waals surface area contributed by atoms with Crippen molar-refractivity contribution in [2.24, 2.45) is 0 Å². The van der Waals surface area contributed by atoms with Gasteiger partial charge in [0.2, 0.25) is 10.9 Å². The molecule has 2 aromatic carbocycles. The van der Waals surface area contributed by atoms with Crippen LogP contribution in [0.25, 0.3) is 22.5 Å². The summed E-state index contributed by atoms with van der Waals surface area (Å²) < 4.78 is 0. The second-order valence-electron chi connectivity index (χ2n) is 7.08. The summed E-state index contributed by atoms with van der Waals surface area (Å²) in [6.07, 6.45) is 0. The summed E-state index contributed by atoms with van der Waals surface area (Å²) in [7, 11) is 0. The van der Waals surface area contributed by atoms with Gasteiger partial charge in [0.15, 0.2) is 0 Å². The van der Waals surface area contributed by atoms with Gasteiger partial charge in [-0.1, -0.05) is 81.7 Å². The topological polar surface area (TPSA) is 152 Å². The van der Waals surface area contributed by atoms with Crippen molar-refractivity contribution in [1.82, 2.24) is 9.97 Å². The highest BCUT2D eigenvalue weighted by Crippen LogP contribution is 2.39. The van der Waals surface area contributed by atoms with Crippen molar-refractivity contribution in [1.29, 1.82) is 0 Å². The van der Waals surface area contributed by atoms with Crippen LogP contribution in [0.2, 0.25) is 30.3 Å². The first-order valence-corrected chi connectivity index (χ1v) is 12.1. The molecule has 0 aliphatic rings. The zero-order valence-corrected chi connectivity index (χ0v) is 22.8. The van der Waals surface area contributed by atoms with Gasteiger partial charge in [0.25, 0.3) is 0 Å². The molecule has 0 fully saturated rings. The van der Waals surface area contributed by atoms with Crippen LogP contribution >= 0.6 is 69.6 Å². The third-order valence-corrected chi connectivity index (χ3v) is 6.52. The molecule has 0 spiro atoms. The third kappa shape index (κ3) is 6.29. The minimum Gasteiger partial charge on any atom is -0.502 e. The first-order chi connectivity index (χ1) is 17.8. The fraction of sp³-hybridized carbons (Fsp3) is 0. The Labute approximate surface area is 242 Å². The van der Waals surface area contributed by atoms with E-state index in [4.69, 9.17) is 69.6 Å². The summed E-state index contributed by atoms with van der Waals surface area (Å²) in [4.78, 5) is 37.4. The number of H-pyrrole nitrogens is 1. The SMILES string of the molecule is O=[N+]([O-])c1c(Cl)cc(-c2c(Cl)cccc2Cl)nc1Cl.O=c1[nH]c(-c2c(Cl)cccc2Cl)cc(O)c1[N+](=O)[O-]. The molecule has 16 heteroatoms. The maximum Gasteiger partial charge on any atom is 0.375 e. The van der Waals surface area contributed by atoms with Gasteiger partial charge in [0.05, 0.1) is 41.3 Å². The van der Waals surface area contributed by atoms with Gasteiger partial charge in [-0.05, 0) is 30.3 Å². The Morgan fingerprint density at radius 2 is 1.21 bits per heavy atom. The van der Waals surface area contributed by atoms with Crippen LogP contribution in [0.5, 0.6) is 5.75 Å². The number of nitro groups is 2. The predicted octanol–water partition coefficient (Wildman–Crippen LogP) is 8.23. The molecule has 4 rings (SSSR count). The molecule has 0 bridgehead atoms. The molecule has 0 unspecified atom stereocenters. The van der Waals surface area contributed by atoms with Crippen LogP contribution in [0.4, 0.5) is 11.4 Å². The number of halogens is 6. The van der Waals surface area contributed by atoms with E-state index in [0.717, 1.165) is 6.07 Å². The number of aromatic hydroxyl groups is 1. The predicted molar refractivity (Wildman–Crippen MR) is 147 cm³/mol. The second kappa shape index (κ2) is 12.2. The lowest BCUT2D eigenvalue weighted by Crippen LogP contribution is -2.12. The molecule has 0 aliphatic heterocycles. The fourth-order valence-corrected chi connectivity index (χ4v) is 4.88. The molecule has 0 aliphatic carbocycles. The minimum absolute atomic E-state index is 0.101. The van der Waals surface area contributed by atoms with Gasteiger partial charge in [-0.25, -0.2) is 4.98 Å². The second-order valence-corrected chi connectivity index (χ2v) is 9.48. The molecule has 10 nitrogen and oxygen atoms in total. The van der Waals surface area contributed by atoms with Crippen molar-refractivity contribution in [2.45, 2.75) is 0 Å². The van der Waals surface area contributed by atoms with Crippen LogP contribution in [-0.2, 0) is 0 Å². The first-order valence-electron chi connectivity index (χ1n) is 9.83. The Morgan fingerprint density at radius 1 is 0.737 bits per heavy atom. The summed E-state index contributed by atoms with van der Waals surface area (Å²) in [6, 6.07) is 11.9. The van der Waals surface area contributed by atoms with Crippen molar-refractivity contribution in [3.63, 3.8) is 0 Å². The Morgan fingerprint density at radius 3 is 1.63 bits per heavy atom. The molecule has 0 atom stereocenters. The Balaban J connectivity index is 0.000000211. The highest BCUT2D eigenvalue weighted by Gasteiger charge is 2.23. The number of hydrogen-bond acceptors (Lipinski definition) is 7. The van der Waals surface area contributed by atoms with E-state index in [9.17, 15) is 30.1 Å². The average molecular weight is 639 g/mol. The van der Waals surface area contributed by atoms with Crippen LogP contribution in [0, 0.1) is 20.2 Å². The molecule has 196 valence electrons. The maximum atomic E-state index is 11.6. The van der Waals surface area contributed by atoms with Gasteiger partial charge in [-0.15, -0.1) is 0 Å². The van der Waals surface area contributed by atoms with Gasteiger partial charge in [-0.3, -0.25) is 25.0 Å². The molecule has 2 heterocycles. The number of hydrogen-bond donors (Lipinski definition) is 2. The molecule has 4 aromatic rings. The van der Waals surface area contributed by atoms with E-state index in [-0.39, 0.29) is 37.2 Å². The molecule has 2 N–H and O–H groups in total. The average Bonchev–Trinajstić information content (AvgIpc) is 2.78. The van der Waals surface area contributed by atoms with E-state index in [0.29, 0.717) is 15.6 Å². The minimum atomic E-state index is -1.03. The number of aromatic amines is 1. The number of benzene rings is 2. The van der Waals surface area contributed by atoms with Crippen LogP contribution in [0.15, 0.2) is 53.3 Å². The maximum absolute atomic E-state index is 11.6. The largest absolute Gasteiger partial charge is 0.502 e.